The number of aromatic amines is 1. The number of carbonyl (C=O) groups excluding carboxylic acids is 1. The Balaban J connectivity index is 1.83. The van der Waals surface area contributed by atoms with Crippen LogP contribution >= 0.6 is 0 Å². The first-order valence-electron chi connectivity index (χ1n) is 10.1. The molecule has 0 spiro atoms. The number of hydrogen-bond donors (Lipinski definition) is 1. The van der Waals surface area contributed by atoms with E-state index in [4.69, 9.17) is 9.47 Å². The average Bonchev–Trinajstić information content (AvgIpc) is 3.12. The van der Waals surface area contributed by atoms with E-state index in [1.165, 1.54) is 10.6 Å². The normalized spacial score (nSPS) is 11.5. The van der Waals surface area contributed by atoms with Gasteiger partial charge in [0.1, 0.15) is 18.0 Å². The molecule has 0 unspecified atom stereocenters. The van der Waals surface area contributed by atoms with Crippen molar-refractivity contribution < 1.29 is 14.3 Å². The molecule has 1 N–H and O–H groups in total. The molecule has 0 radical (unpaired) electrons. The highest BCUT2D eigenvalue weighted by atomic mass is 16.6. The third-order valence-corrected chi connectivity index (χ3v) is 4.66. The Kier molecular flexibility index (Phi) is 5.38. The van der Waals surface area contributed by atoms with Crippen LogP contribution in [-0.2, 0) is 11.3 Å². The van der Waals surface area contributed by atoms with Gasteiger partial charge in [-0.2, -0.15) is 0 Å². The van der Waals surface area contributed by atoms with Crippen LogP contribution in [0.25, 0.3) is 22.3 Å². The molecule has 0 aliphatic carbocycles. The topological polar surface area (TPSA) is 73.3 Å². The van der Waals surface area contributed by atoms with Crippen LogP contribution in [0, 0.1) is 0 Å². The molecule has 0 bridgehead atoms. The molecular weight excluding hydrogens is 392 g/mol. The largest absolute Gasteiger partial charge is 0.488 e. The number of nitrogens with zero attached hydrogens (tertiary/aromatic N) is 1. The SMILES string of the molecule is CC(C)(C)OC(=O)n1c(-c2cccc(=O)[nH]2)cc2c(OCc3ccccc3)cccc21. The molecule has 6 nitrogen and oxygen atoms in total. The highest BCUT2D eigenvalue weighted by Crippen LogP contribution is 2.34. The second-order valence-corrected chi connectivity index (χ2v) is 8.24. The summed E-state index contributed by atoms with van der Waals surface area (Å²) < 4.78 is 13.2. The van der Waals surface area contributed by atoms with Gasteiger partial charge >= 0.3 is 6.09 Å². The molecule has 4 aromatic rings. The van der Waals surface area contributed by atoms with E-state index < -0.39 is 11.7 Å². The summed E-state index contributed by atoms with van der Waals surface area (Å²) in [5.74, 6) is 0.642. The first-order chi connectivity index (χ1) is 14.8. The number of ether oxygens (including phenoxy) is 2. The van der Waals surface area contributed by atoms with Crippen LogP contribution < -0.4 is 10.3 Å². The van der Waals surface area contributed by atoms with Gasteiger partial charge in [0.15, 0.2) is 0 Å². The number of aromatic nitrogens is 2. The van der Waals surface area contributed by atoms with Gasteiger partial charge in [-0.05, 0) is 50.6 Å². The van der Waals surface area contributed by atoms with E-state index in [0.717, 1.165) is 10.9 Å². The molecule has 0 saturated carbocycles. The average molecular weight is 416 g/mol. The van der Waals surface area contributed by atoms with E-state index in [1.54, 1.807) is 12.1 Å². The zero-order chi connectivity index (χ0) is 22.0. The van der Waals surface area contributed by atoms with Crippen LogP contribution in [0.5, 0.6) is 5.75 Å². The summed E-state index contributed by atoms with van der Waals surface area (Å²) in [5.41, 5.74) is 1.80. The molecule has 0 amide bonds. The molecule has 0 fully saturated rings. The van der Waals surface area contributed by atoms with Crippen molar-refractivity contribution in [3.8, 4) is 17.1 Å². The highest BCUT2D eigenvalue weighted by molar-refractivity contribution is 5.98. The molecule has 0 saturated heterocycles. The summed E-state index contributed by atoms with van der Waals surface area (Å²) in [4.78, 5) is 27.8. The minimum absolute atomic E-state index is 0.251. The molecule has 158 valence electrons. The monoisotopic (exact) mass is 416 g/mol. The number of fused-ring (bicyclic) bond motifs is 1. The smallest absolute Gasteiger partial charge is 0.419 e. The second-order valence-electron chi connectivity index (χ2n) is 8.24. The van der Waals surface area contributed by atoms with Crippen molar-refractivity contribution in [2.24, 2.45) is 0 Å². The Morgan fingerprint density at radius 1 is 0.968 bits per heavy atom. The van der Waals surface area contributed by atoms with Crippen molar-refractivity contribution in [1.29, 1.82) is 0 Å². The van der Waals surface area contributed by atoms with Crippen molar-refractivity contribution in [3.63, 3.8) is 0 Å². The van der Waals surface area contributed by atoms with Crippen molar-refractivity contribution >= 4 is 17.0 Å². The van der Waals surface area contributed by atoms with Gasteiger partial charge in [0, 0.05) is 11.5 Å². The highest BCUT2D eigenvalue weighted by Gasteiger charge is 2.24. The fourth-order valence-electron chi connectivity index (χ4n) is 3.36. The van der Waals surface area contributed by atoms with Crippen molar-refractivity contribution in [2.75, 3.05) is 0 Å². The molecule has 2 aromatic heterocycles. The van der Waals surface area contributed by atoms with Crippen LogP contribution in [0.2, 0.25) is 0 Å². The number of H-pyrrole nitrogens is 1. The summed E-state index contributed by atoms with van der Waals surface area (Å²) in [5, 5.41) is 0.754. The van der Waals surface area contributed by atoms with Gasteiger partial charge in [0.2, 0.25) is 5.56 Å². The lowest BCUT2D eigenvalue weighted by Gasteiger charge is -2.21. The van der Waals surface area contributed by atoms with Gasteiger partial charge in [0.25, 0.3) is 0 Å². The fraction of sp³-hybridized carbons (Fsp3) is 0.200. The summed E-state index contributed by atoms with van der Waals surface area (Å²) in [6, 6.07) is 22.1. The molecule has 0 aliphatic rings. The van der Waals surface area contributed by atoms with E-state index in [-0.39, 0.29) is 5.56 Å². The first-order valence-corrected chi connectivity index (χ1v) is 10.1. The van der Waals surface area contributed by atoms with E-state index in [9.17, 15) is 9.59 Å². The van der Waals surface area contributed by atoms with Gasteiger partial charge in [-0.3, -0.25) is 4.79 Å². The van der Waals surface area contributed by atoms with Crippen LogP contribution in [0.1, 0.15) is 26.3 Å². The summed E-state index contributed by atoms with van der Waals surface area (Å²) in [6.45, 7) is 5.84. The molecule has 0 atom stereocenters. The summed E-state index contributed by atoms with van der Waals surface area (Å²) in [6.07, 6.45) is -0.526. The second kappa shape index (κ2) is 8.14. The Bertz CT molecular complexity index is 1280. The Morgan fingerprint density at radius 2 is 1.71 bits per heavy atom. The standard InChI is InChI=1S/C25H24N2O4/c1-25(2,3)31-24(29)27-20-12-8-13-22(30-16-17-9-5-4-6-10-17)18(20)15-21(27)19-11-7-14-23(28)26-19/h4-15H,16H2,1-3H3,(H,26,28). The van der Waals surface area contributed by atoms with Gasteiger partial charge in [-0.25, -0.2) is 9.36 Å². The van der Waals surface area contributed by atoms with Crippen molar-refractivity contribution in [2.45, 2.75) is 33.0 Å². The molecular formula is C25H24N2O4. The first kappa shape index (κ1) is 20.5. The Labute approximate surface area is 180 Å². The van der Waals surface area contributed by atoms with E-state index in [0.29, 0.717) is 29.3 Å². The molecule has 0 aliphatic heterocycles. The van der Waals surface area contributed by atoms with Gasteiger partial charge in [-0.1, -0.05) is 42.5 Å². The zero-order valence-corrected chi connectivity index (χ0v) is 17.7. The maximum absolute atomic E-state index is 13.1. The zero-order valence-electron chi connectivity index (χ0n) is 17.7. The van der Waals surface area contributed by atoms with Gasteiger partial charge in [-0.15, -0.1) is 0 Å². The van der Waals surface area contributed by atoms with Gasteiger partial charge < -0.3 is 14.5 Å². The number of nitrogens with one attached hydrogen (secondary N) is 1. The summed E-state index contributed by atoms with van der Waals surface area (Å²) >= 11 is 0. The fourth-order valence-corrected chi connectivity index (χ4v) is 3.36. The minimum atomic E-state index is -0.670. The number of hydrogen-bond acceptors (Lipinski definition) is 4. The lowest BCUT2D eigenvalue weighted by molar-refractivity contribution is 0.0547. The van der Waals surface area contributed by atoms with Crippen LogP contribution in [-0.4, -0.2) is 21.2 Å². The van der Waals surface area contributed by atoms with Crippen LogP contribution in [0.15, 0.2) is 77.6 Å². The number of benzene rings is 2. The van der Waals surface area contributed by atoms with Crippen molar-refractivity contribution in [3.05, 3.63) is 88.7 Å². The van der Waals surface area contributed by atoms with Crippen LogP contribution in [0.3, 0.4) is 0 Å². The lowest BCUT2D eigenvalue weighted by atomic mass is 10.2. The summed E-state index contributed by atoms with van der Waals surface area (Å²) in [7, 11) is 0. The number of carbonyl (C=O) groups is 1. The minimum Gasteiger partial charge on any atom is -0.488 e. The van der Waals surface area contributed by atoms with Gasteiger partial charge in [0.05, 0.1) is 16.9 Å². The number of rotatable bonds is 4. The van der Waals surface area contributed by atoms with Crippen LogP contribution in [0.4, 0.5) is 4.79 Å². The maximum atomic E-state index is 13.1. The predicted molar refractivity (Wildman–Crippen MR) is 120 cm³/mol. The van der Waals surface area contributed by atoms with E-state index in [1.807, 2.05) is 75.4 Å². The third-order valence-electron chi connectivity index (χ3n) is 4.66. The number of pyridine rings is 1. The molecule has 31 heavy (non-hydrogen) atoms. The third kappa shape index (κ3) is 4.53. The molecule has 2 aromatic carbocycles. The molecule has 2 heterocycles. The lowest BCUT2D eigenvalue weighted by Crippen LogP contribution is -2.27. The Hall–Kier alpha value is -3.80. The maximum Gasteiger partial charge on any atom is 0.419 e. The quantitative estimate of drug-likeness (QED) is 0.486. The molecule has 6 heteroatoms. The Morgan fingerprint density at radius 3 is 2.42 bits per heavy atom. The van der Waals surface area contributed by atoms with Crippen molar-refractivity contribution in [1.82, 2.24) is 9.55 Å². The van der Waals surface area contributed by atoms with E-state index in [2.05, 4.69) is 4.98 Å². The molecule has 4 rings (SSSR count). The van der Waals surface area contributed by atoms with E-state index >= 15 is 0 Å². The predicted octanol–water partition coefficient (Wildman–Crippen LogP) is 5.36.